The number of ether oxygens (including phenoxy) is 2. The first-order valence-electron chi connectivity index (χ1n) is 7.94. The molecular weight excluding hydrogens is 378 g/mol. The number of carbonyl (C=O) groups excluding carboxylic acids is 1. The average molecular weight is 396 g/mol. The summed E-state index contributed by atoms with van der Waals surface area (Å²) >= 11 is 5.81. The van der Waals surface area contributed by atoms with Crippen LogP contribution in [0.2, 0.25) is 5.02 Å². The maximum atomic E-state index is 12.3. The first-order valence-corrected chi connectivity index (χ1v) is 10.1. The highest BCUT2D eigenvalue weighted by atomic mass is 35.5. The Bertz CT molecular complexity index is 881. The van der Waals surface area contributed by atoms with Gasteiger partial charge in [0.15, 0.2) is 9.84 Å². The lowest BCUT2D eigenvalue weighted by Gasteiger charge is -2.21. The van der Waals surface area contributed by atoms with Gasteiger partial charge in [0.2, 0.25) is 0 Å². The first kappa shape index (κ1) is 18.5. The van der Waals surface area contributed by atoms with Gasteiger partial charge in [0.1, 0.15) is 11.9 Å². The van der Waals surface area contributed by atoms with Crippen LogP contribution < -0.4 is 10.1 Å². The van der Waals surface area contributed by atoms with E-state index in [-0.39, 0.29) is 11.5 Å². The number of nitrogens with one attached hydrogen (secondary N) is 1. The number of hydrogen-bond donors (Lipinski definition) is 1. The van der Waals surface area contributed by atoms with Crippen molar-refractivity contribution < 1.29 is 22.7 Å². The van der Waals surface area contributed by atoms with Gasteiger partial charge in [-0.2, -0.15) is 0 Å². The quantitative estimate of drug-likeness (QED) is 0.784. The highest BCUT2D eigenvalue weighted by Gasteiger charge is 2.40. The van der Waals surface area contributed by atoms with Gasteiger partial charge in [0.05, 0.1) is 30.2 Å². The molecule has 1 aliphatic rings. The number of methoxy groups -OCH3 is 1. The molecule has 0 radical (unpaired) electrons. The minimum absolute atomic E-state index is 0.0996. The lowest BCUT2D eigenvalue weighted by molar-refractivity contribution is 0.0337. The van der Waals surface area contributed by atoms with Crippen molar-refractivity contribution in [2.24, 2.45) is 0 Å². The van der Waals surface area contributed by atoms with Crippen LogP contribution in [0.3, 0.4) is 0 Å². The summed E-state index contributed by atoms with van der Waals surface area (Å²) in [5.41, 5.74) is 1.04. The Hall–Kier alpha value is -2.25. The van der Waals surface area contributed by atoms with Crippen molar-refractivity contribution in [3.8, 4) is 5.75 Å². The predicted octanol–water partition coefficient (Wildman–Crippen LogP) is 2.78. The summed E-state index contributed by atoms with van der Waals surface area (Å²) in [7, 11) is -1.73. The molecule has 1 heterocycles. The molecular formula is C18H18ClNO5S. The number of carbonyl (C=O) groups is 1. The maximum Gasteiger partial charge on any atom is 0.338 e. The summed E-state index contributed by atoms with van der Waals surface area (Å²) in [6, 6.07) is 12.8. The highest BCUT2D eigenvalue weighted by molar-refractivity contribution is 7.91. The van der Waals surface area contributed by atoms with E-state index in [1.807, 2.05) is 0 Å². The third kappa shape index (κ3) is 4.47. The van der Waals surface area contributed by atoms with E-state index < -0.39 is 28.0 Å². The van der Waals surface area contributed by atoms with Crippen LogP contribution in [-0.4, -0.2) is 45.1 Å². The zero-order valence-corrected chi connectivity index (χ0v) is 15.6. The molecule has 3 rings (SSSR count). The van der Waals surface area contributed by atoms with Gasteiger partial charge in [-0.1, -0.05) is 11.6 Å². The summed E-state index contributed by atoms with van der Waals surface area (Å²) in [4.78, 5) is 12.3. The smallest absolute Gasteiger partial charge is 0.338 e. The van der Waals surface area contributed by atoms with Crippen LogP contribution >= 0.6 is 11.6 Å². The van der Waals surface area contributed by atoms with E-state index in [0.717, 1.165) is 5.69 Å². The van der Waals surface area contributed by atoms with Crippen molar-refractivity contribution in [1.82, 2.24) is 0 Å². The summed E-state index contributed by atoms with van der Waals surface area (Å²) in [6.07, 6.45) is -0.773. The van der Waals surface area contributed by atoms with E-state index in [0.29, 0.717) is 16.3 Å². The summed E-state index contributed by atoms with van der Waals surface area (Å²) in [6.45, 7) is 0. The molecule has 138 valence electrons. The molecule has 0 bridgehead atoms. The van der Waals surface area contributed by atoms with E-state index >= 15 is 0 Å². The van der Waals surface area contributed by atoms with Crippen LogP contribution in [-0.2, 0) is 14.6 Å². The number of hydrogen-bond acceptors (Lipinski definition) is 6. The Morgan fingerprint density at radius 1 is 1.08 bits per heavy atom. The maximum absolute atomic E-state index is 12.3. The topological polar surface area (TPSA) is 81.7 Å². The molecule has 1 saturated heterocycles. The molecule has 6 nitrogen and oxygen atoms in total. The fourth-order valence-corrected chi connectivity index (χ4v) is 4.67. The van der Waals surface area contributed by atoms with E-state index in [1.165, 1.54) is 0 Å². The van der Waals surface area contributed by atoms with Gasteiger partial charge in [-0.05, 0) is 48.5 Å². The largest absolute Gasteiger partial charge is 0.497 e. The van der Waals surface area contributed by atoms with E-state index in [9.17, 15) is 13.2 Å². The van der Waals surface area contributed by atoms with Crippen LogP contribution in [0.5, 0.6) is 5.75 Å². The zero-order chi connectivity index (χ0) is 18.7. The summed E-state index contributed by atoms with van der Waals surface area (Å²) in [5, 5.41) is 3.63. The van der Waals surface area contributed by atoms with E-state index in [2.05, 4.69) is 5.32 Å². The second kappa shape index (κ2) is 7.55. The molecule has 2 unspecified atom stereocenters. The summed E-state index contributed by atoms with van der Waals surface area (Å²) in [5.74, 6) is -0.191. The fourth-order valence-electron chi connectivity index (χ4n) is 2.76. The van der Waals surface area contributed by atoms with Crippen LogP contribution in [0.4, 0.5) is 5.69 Å². The molecule has 2 aromatic rings. The Morgan fingerprint density at radius 2 is 1.73 bits per heavy atom. The Balaban J connectivity index is 1.73. The summed E-state index contributed by atoms with van der Waals surface area (Å²) < 4.78 is 34.6. The van der Waals surface area contributed by atoms with Crippen molar-refractivity contribution in [3.05, 3.63) is 59.1 Å². The first-order chi connectivity index (χ1) is 12.4. The number of sulfone groups is 1. The van der Waals surface area contributed by atoms with Crippen molar-refractivity contribution in [3.63, 3.8) is 0 Å². The van der Waals surface area contributed by atoms with Crippen LogP contribution in [0.25, 0.3) is 0 Å². The van der Waals surface area contributed by atoms with E-state index in [1.54, 1.807) is 55.6 Å². The van der Waals surface area contributed by atoms with Crippen molar-refractivity contribution in [2.45, 2.75) is 12.1 Å². The Labute approximate surface area is 157 Å². The van der Waals surface area contributed by atoms with Gasteiger partial charge in [-0.3, -0.25) is 0 Å². The third-order valence-electron chi connectivity index (χ3n) is 4.08. The Morgan fingerprint density at radius 3 is 2.35 bits per heavy atom. The number of anilines is 1. The minimum atomic E-state index is -3.30. The highest BCUT2D eigenvalue weighted by Crippen LogP contribution is 2.23. The second-order valence-electron chi connectivity index (χ2n) is 6.01. The van der Waals surface area contributed by atoms with Crippen molar-refractivity contribution in [1.29, 1.82) is 0 Å². The number of halogens is 1. The van der Waals surface area contributed by atoms with Gasteiger partial charge < -0.3 is 14.8 Å². The standard InChI is InChI=1S/C18H18ClNO5S/c1-24-15-8-6-14(7-9-15)20-16-10-26(22,23)11-17(16)25-18(21)12-2-4-13(19)5-3-12/h2-9,16-17,20H,10-11H2,1H3. The number of benzene rings is 2. The number of rotatable bonds is 5. The molecule has 1 N–H and O–H groups in total. The molecule has 1 aliphatic heterocycles. The monoisotopic (exact) mass is 395 g/mol. The molecule has 8 heteroatoms. The van der Waals surface area contributed by atoms with Crippen molar-refractivity contribution in [2.75, 3.05) is 23.9 Å². The molecule has 0 aliphatic carbocycles. The lowest BCUT2D eigenvalue weighted by Crippen LogP contribution is -2.35. The lowest BCUT2D eigenvalue weighted by atomic mass is 10.2. The van der Waals surface area contributed by atoms with Gasteiger partial charge in [0.25, 0.3) is 0 Å². The third-order valence-corrected chi connectivity index (χ3v) is 6.04. The van der Waals surface area contributed by atoms with Crippen LogP contribution in [0.1, 0.15) is 10.4 Å². The average Bonchev–Trinajstić information content (AvgIpc) is 2.89. The molecule has 0 saturated carbocycles. The molecule has 0 aromatic heterocycles. The van der Waals surface area contributed by atoms with E-state index in [4.69, 9.17) is 21.1 Å². The van der Waals surface area contributed by atoms with Crippen LogP contribution in [0, 0.1) is 0 Å². The predicted molar refractivity (Wildman–Crippen MR) is 99.7 cm³/mol. The zero-order valence-electron chi connectivity index (χ0n) is 14.0. The molecule has 1 fully saturated rings. The number of esters is 1. The molecule has 0 spiro atoms. The SMILES string of the molecule is COc1ccc(NC2CS(=O)(=O)CC2OC(=O)c2ccc(Cl)cc2)cc1. The fraction of sp³-hybridized carbons (Fsp3) is 0.278. The van der Waals surface area contributed by atoms with Gasteiger partial charge in [-0.25, -0.2) is 13.2 Å². The van der Waals surface area contributed by atoms with Gasteiger partial charge in [0, 0.05) is 10.7 Å². The molecule has 0 amide bonds. The second-order valence-corrected chi connectivity index (χ2v) is 8.60. The van der Waals surface area contributed by atoms with Crippen molar-refractivity contribution >= 4 is 33.1 Å². The van der Waals surface area contributed by atoms with Crippen LogP contribution in [0.15, 0.2) is 48.5 Å². The molecule has 26 heavy (non-hydrogen) atoms. The minimum Gasteiger partial charge on any atom is -0.497 e. The molecule has 2 atom stereocenters. The van der Waals surface area contributed by atoms with Gasteiger partial charge >= 0.3 is 5.97 Å². The molecule has 2 aromatic carbocycles. The normalized spacial score (nSPS) is 21.2. The van der Waals surface area contributed by atoms with Gasteiger partial charge in [-0.15, -0.1) is 0 Å². The Kier molecular flexibility index (Phi) is 5.38.